The molecule has 0 radical (unpaired) electrons. The smallest absolute Gasteiger partial charge is 0.0710 e. The van der Waals surface area contributed by atoms with Gasteiger partial charge in [-0.1, -0.05) is 19.8 Å². The van der Waals surface area contributed by atoms with Gasteiger partial charge in [0.1, 0.15) is 0 Å². The summed E-state index contributed by atoms with van der Waals surface area (Å²) in [4.78, 5) is 2.61. The van der Waals surface area contributed by atoms with Crippen molar-refractivity contribution in [2.45, 2.75) is 63.2 Å². The third kappa shape index (κ3) is 2.38. The van der Waals surface area contributed by atoms with E-state index in [9.17, 15) is 0 Å². The first kappa shape index (κ1) is 11.9. The quantitative estimate of drug-likeness (QED) is 0.808. The third-order valence-corrected chi connectivity index (χ3v) is 4.97. The van der Waals surface area contributed by atoms with E-state index in [0.29, 0.717) is 11.7 Å². The van der Waals surface area contributed by atoms with Gasteiger partial charge in [0.25, 0.3) is 0 Å². The first-order valence-electron chi connectivity index (χ1n) is 7.44. The van der Waals surface area contributed by atoms with Crippen molar-refractivity contribution in [2.75, 3.05) is 26.2 Å². The van der Waals surface area contributed by atoms with Gasteiger partial charge in [-0.3, -0.25) is 4.90 Å². The van der Waals surface area contributed by atoms with Gasteiger partial charge in [0.05, 0.1) is 11.7 Å². The van der Waals surface area contributed by atoms with E-state index in [1.54, 1.807) is 0 Å². The first-order valence-corrected chi connectivity index (χ1v) is 7.44. The van der Waals surface area contributed by atoms with Crippen molar-refractivity contribution < 1.29 is 4.74 Å². The summed E-state index contributed by atoms with van der Waals surface area (Å²) in [6.07, 6.45) is 8.53. The fourth-order valence-corrected chi connectivity index (χ4v) is 3.74. The van der Waals surface area contributed by atoms with Gasteiger partial charge in [0.2, 0.25) is 0 Å². The Hall–Kier alpha value is -0.120. The molecule has 3 rings (SSSR count). The maximum Gasteiger partial charge on any atom is 0.0710 e. The van der Waals surface area contributed by atoms with Crippen molar-refractivity contribution in [3.63, 3.8) is 0 Å². The fourth-order valence-electron chi connectivity index (χ4n) is 3.74. The van der Waals surface area contributed by atoms with Crippen LogP contribution in [0.4, 0.5) is 0 Å². The zero-order valence-corrected chi connectivity index (χ0v) is 11.1. The van der Waals surface area contributed by atoms with Gasteiger partial charge < -0.3 is 10.1 Å². The van der Waals surface area contributed by atoms with Crippen molar-refractivity contribution in [3.8, 4) is 0 Å². The van der Waals surface area contributed by atoms with Crippen LogP contribution in [0.15, 0.2) is 0 Å². The second-order valence-corrected chi connectivity index (χ2v) is 6.07. The molecule has 1 aliphatic carbocycles. The van der Waals surface area contributed by atoms with E-state index in [-0.39, 0.29) is 0 Å². The van der Waals surface area contributed by atoms with E-state index < -0.39 is 0 Å². The van der Waals surface area contributed by atoms with Crippen LogP contribution in [0.3, 0.4) is 0 Å². The first-order chi connectivity index (χ1) is 8.31. The summed E-state index contributed by atoms with van der Waals surface area (Å²) >= 11 is 0. The zero-order valence-electron chi connectivity index (χ0n) is 11.1. The van der Waals surface area contributed by atoms with Crippen LogP contribution >= 0.6 is 0 Å². The van der Waals surface area contributed by atoms with Crippen LogP contribution in [-0.2, 0) is 4.74 Å². The van der Waals surface area contributed by atoms with Crippen LogP contribution in [-0.4, -0.2) is 48.8 Å². The van der Waals surface area contributed by atoms with E-state index in [4.69, 9.17) is 4.74 Å². The Bertz CT molecular complexity index is 259. The Labute approximate surface area is 105 Å². The van der Waals surface area contributed by atoms with E-state index in [1.807, 2.05) is 0 Å². The Morgan fingerprint density at radius 2 is 2.00 bits per heavy atom. The van der Waals surface area contributed by atoms with Gasteiger partial charge in [-0.2, -0.15) is 0 Å². The lowest BCUT2D eigenvalue weighted by atomic mass is 9.98. The van der Waals surface area contributed by atoms with E-state index >= 15 is 0 Å². The topological polar surface area (TPSA) is 24.5 Å². The molecular formula is C14H26N2O. The minimum atomic E-state index is 0.307. The molecule has 3 nitrogen and oxygen atoms in total. The number of nitrogens with one attached hydrogen (secondary N) is 1. The van der Waals surface area contributed by atoms with Crippen molar-refractivity contribution in [2.24, 2.45) is 0 Å². The van der Waals surface area contributed by atoms with E-state index in [1.165, 1.54) is 58.2 Å². The highest BCUT2D eigenvalue weighted by atomic mass is 16.5. The molecule has 3 fully saturated rings. The molecule has 2 heterocycles. The molecule has 0 amide bonds. The molecule has 17 heavy (non-hydrogen) atoms. The van der Waals surface area contributed by atoms with Gasteiger partial charge in [0.15, 0.2) is 0 Å². The van der Waals surface area contributed by atoms with Crippen LogP contribution in [0.1, 0.15) is 45.4 Å². The Balaban J connectivity index is 1.52. The summed E-state index contributed by atoms with van der Waals surface area (Å²) in [5.41, 5.74) is 0.307. The molecule has 1 spiro atoms. The van der Waals surface area contributed by atoms with Crippen molar-refractivity contribution in [3.05, 3.63) is 0 Å². The van der Waals surface area contributed by atoms with Gasteiger partial charge in [-0.25, -0.2) is 0 Å². The van der Waals surface area contributed by atoms with Gasteiger partial charge in [-0.15, -0.1) is 0 Å². The van der Waals surface area contributed by atoms with Crippen LogP contribution in [0, 0.1) is 0 Å². The predicted octanol–water partition coefficient (Wildman–Crippen LogP) is 1.77. The minimum absolute atomic E-state index is 0.307. The molecule has 3 aliphatic rings. The minimum Gasteiger partial charge on any atom is -0.370 e. The Kier molecular flexibility index (Phi) is 3.42. The molecule has 3 heteroatoms. The molecule has 0 aromatic rings. The maximum atomic E-state index is 6.40. The van der Waals surface area contributed by atoms with E-state index in [2.05, 4.69) is 17.1 Å². The summed E-state index contributed by atoms with van der Waals surface area (Å²) in [6, 6.07) is 0.767. The fraction of sp³-hybridized carbons (Fsp3) is 1.00. The summed E-state index contributed by atoms with van der Waals surface area (Å²) < 4.78 is 6.40. The molecule has 1 saturated carbocycles. The molecule has 1 N–H and O–H groups in total. The predicted molar refractivity (Wildman–Crippen MR) is 69.2 cm³/mol. The molecule has 98 valence electrons. The van der Waals surface area contributed by atoms with E-state index in [0.717, 1.165) is 12.6 Å². The third-order valence-electron chi connectivity index (χ3n) is 4.97. The monoisotopic (exact) mass is 238 g/mol. The highest BCUT2D eigenvalue weighted by Crippen LogP contribution is 2.43. The Morgan fingerprint density at radius 3 is 2.59 bits per heavy atom. The lowest BCUT2D eigenvalue weighted by molar-refractivity contribution is -0.0530. The number of ether oxygens (including phenoxy) is 1. The highest BCUT2D eigenvalue weighted by Gasteiger charge is 2.42. The van der Waals surface area contributed by atoms with Crippen molar-refractivity contribution in [1.29, 1.82) is 0 Å². The average molecular weight is 238 g/mol. The molecule has 1 atom stereocenters. The number of rotatable bonds is 4. The van der Waals surface area contributed by atoms with Gasteiger partial charge >= 0.3 is 0 Å². The average Bonchev–Trinajstić information content (AvgIpc) is 2.87. The second kappa shape index (κ2) is 4.87. The van der Waals surface area contributed by atoms with Crippen LogP contribution in [0.2, 0.25) is 0 Å². The summed E-state index contributed by atoms with van der Waals surface area (Å²) in [5, 5.41) is 3.37. The Morgan fingerprint density at radius 1 is 1.24 bits per heavy atom. The second-order valence-electron chi connectivity index (χ2n) is 6.07. The normalized spacial score (nSPS) is 32.5. The summed E-state index contributed by atoms with van der Waals surface area (Å²) in [6.45, 7) is 6.94. The molecule has 0 aromatic carbocycles. The zero-order chi connectivity index (χ0) is 11.7. The molecule has 0 bridgehead atoms. The molecular weight excluding hydrogens is 212 g/mol. The summed E-state index contributed by atoms with van der Waals surface area (Å²) in [5.74, 6) is 0. The SMILES string of the molecule is CCN(CC1CCC2(CCCC2)O1)C1CNC1. The van der Waals surface area contributed by atoms with Crippen molar-refractivity contribution in [1.82, 2.24) is 10.2 Å². The van der Waals surface area contributed by atoms with Gasteiger partial charge in [0, 0.05) is 25.7 Å². The van der Waals surface area contributed by atoms with Crippen LogP contribution < -0.4 is 5.32 Å². The molecule has 1 unspecified atom stereocenters. The maximum absolute atomic E-state index is 6.40. The summed E-state index contributed by atoms with van der Waals surface area (Å²) in [7, 11) is 0. The number of hydrogen-bond donors (Lipinski definition) is 1. The molecule has 2 aliphatic heterocycles. The lowest BCUT2D eigenvalue weighted by Crippen LogP contribution is -2.58. The number of hydrogen-bond acceptors (Lipinski definition) is 3. The largest absolute Gasteiger partial charge is 0.370 e. The highest BCUT2D eigenvalue weighted by molar-refractivity contribution is 4.94. The van der Waals surface area contributed by atoms with Crippen LogP contribution in [0.5, 0.6) is 0 Å². The molecule has 2 saturated heterocycles. The lowest BCUT2D eigenvalue weighted by Gasteiger charge is -2.39. The number of nitrogens with zero attached hydrogens (tertiary/aromatic N) is 1. The van der Waals surface area contributed by atoms with Gasteiger partial charge in [-0.05, 0) is 32.2 Å². The molecule has 0 aromatic heterocycles. The van der Waals surface area contributed by atoms with Crippen LogP contribution in [0.25, 0.3) is 0 Å². The number of likely N-dealkylation sites (N-methyl/N-ethyl adjacent to an activating group) is 1. The van der Waals surface area contributed by atoms with Crippen molar-refractivity contribution >= 4 is 0 Å². The standard InChI is InChI=1S/C14H26N2O/c1-2-16(12-9-15-10-12)11-13-5-8-14(17-13)6-3-4-7-14/h12-13,15H,2-11H2,1H3.